The van der Waals surface area contributed by atoms with E-state index in [4.69, 9.17) is 24.7 Å². The zero-order chi connectivity index (χ0) is 25.4. The van der Waals surface area contributed by atoms with Crippen LogP contribution in [0.1, 0.15) is 42.4 Å². The molecule has 2 spiro atoms. The SMILES string of the molecule is COc1ccc2c3c1O[C@@H]1C34CCN(CC(N)=O)C(C2)[C@]42CC[C@@]1(OC)[C@@H](COCc1ccccc1)C2. The van der Waals surface area contributed by atoms with Crippen LogP contribution in [0, 0.1) is 11.3 Å². The number of nitrogens with two attached hydrogens (primary N) is 1. The number of rotatable bonds is 8. The van der Waals surface area contributed by atoms with Crippen LogP contribution in [0.5, 0.6) is 11.5 Å². The van der Waals surface area contributed by atoms with Crippen LogP contribution in [0.15, 0.2) is 42.5 Å². The van der Waals surface area contributed by atoms with Crippen molar-refractivity contribution in [3.8, 4) is 11.5 Å². The number of ether oxygens (including phenoxy) is 4. The molecule has 4 bridgehead atoms. The Morgan fingerprint density at radius 2 is 1.97 bits per heavy atom. The van der Waals surface area contributed by atoms with Gasteiger partial charge in [0.25, 0.3) is 0 Å². The number of hydrogen-bond acceptors (Lipinski definition) is 6. The van der Waals surface area contributed by atoms with Crippen LogP contribution in [-0.2, 0) is 32.7 Å². The third kappa shape index (κ3) is 2.91. The minimum atomic E-state index is -0.437. The fraction of sp³-hybridized carbons (Fsp3) is 0.567. The molecule has 3 saturated carbocycles. The average Bonchev–Trinajstić information content (AvgIpc) is 3.27. The predicted molar refractivity (Wildman–Crippen MR) is 138 cm³/mol. The number of methoxy groups -OCH3 is 2. The third-order valence-corrected chi connectivity index (χ3v) is 10.6. The zero-order valence-electron chi connectivity index (χ0n) is 21.7. The van der Waals surface area contributed by atoms with Crippen LogP contribution in [0.2, 0.25) is 0 Å². The second-order valence-corrected chi connectivity index (χ2v) is 11.7. The summed E-state index contributed by atoms with van der Waals surface area (Å²) in [7, 11) is 3.57. The summed E-state index contributed by atoms with van der Waals surface area (Å²) in [6, 6.07) is 14.8. The van der Waals surface area contributed by atoms with Crippen molar-refractivity contribution in [2.75, 3.05) is 33.9 Å². The van der Waals surface area contributed by atoms with Crippen molar-refractivity contribution in [3.05, 3.63) is 59.2 Å². The van der Waals surface area contributed by atoms with Crippen molar-refractivity contribution in [2.45, 2.75) is 61.9 Å². The van der Waals surface area contributed by atoms with Crippen molar-refractivity contribution < 1.29 is 23.7 Å². The monoisotopic (exact) mass is 504 g/mol. The average molecular weight is 505 g/mol. The molecule has 2 aromatic rings. The Labute approximate surface area is 218 Å². The van der Waals surface area contributed by atoms with Gasteiger partial charge in [-0.25, -0.2) is 0 Å². The van der Waals surface area contributed by atoms with Gasteiger partial charge in [-0.2, -0.15) is 0 Å². The number of fused-ring (bicyclic) bond motifs is 2. The first-order valence-electron chi connectivity index (χ1n) is 13.6. The number of primary amides is 1. The first-order valence-corrected chi connectivity index (χ1v) is 13.6. The van der Waals surface area contributed by atoms with Gasteiger partial charge in [0.15, 0.2) is 11.5 Å². The fourth-order valence-electron chi connectivity index (χ4n) is 9.33. The quantitative estimate of drug-likeness (QED) is 0.595. The molecule has 2 unspecified atom stereocenters. The summed E-state index contributed by atoms with van der Waals surface area (Å²) in [5.74, 6) is 1.64. The maximum atomic E-state index is 12.1. The maximum Gasteiger partial charge on any atom is 0.231 e. The lowest BCUT2D eigenvalue weighted by Gasteiger charge is -2.73. The van der Waals surface area contributed by atoms with E-state index in [1.54, 1.807) is 7.11 Å². The van der Waals surface area contributed by atoms with Crippen molar-refractivity contribution in [1.29, 1.82) is 0 Å². The van der Waals surface area contributed by atoms with E-state index in [-0.39, 0.29) is 34.8 Å². The molecule has 196 valence electrons. The van der Waals surface area contributed by atoms with E-state index in [0.29, 0.717) is 19.8 Å². The number of carbonyl (C=O) groups is 1. The molecule has 2 aromatic carbocycles. The molecule has 7 nitrogen and oxygen atoms in total. The molecule has 1 amide bonds. The van der Waals surface area contributed by atoms with Crippen LogP contribution < -0.4 is 15.2 Å². The van der Waals surface area contributed by atoms with E-state index < -0.39 is 5.60 Å². The summed E-state index contributed by atoms with van der Waals surface area (Å²) < 4.78 is 25.8. The van der Waals surface area contributed by atoms with E-state index in [0.717, 1.165) is 50.1 Å². The molecule has 6 atom stereocenters. The van der Waals surface area contributed by atoms with Gasteiger partial charge in [0.05, 0.1) is 26.9 Å². The number of nitrogens with zero attached hydrogens (tertiary/aromatic N) is 1. The molecule has 2 heterocycles. The van der Waals surface area contributed by atoms with Gasteiger partial charge in [0.1, 0.15) is 11.7 Å². The summed E-state index contributed by atoms with van der Waals surface area (Å²) >= 11 is 0. The Hall–Kier alpha value is -2.61. The smallest absolute Gasteiger partial charge is 0.231 e. The zero-order valence-corrected chi connectivity index (χ0v) is 21.7. The number of piperidine rings is 1. The summed E-state index contributed by atoms with van der Waals surface area (Å²) in [6.07, 6.45) is 4.67. The molecule has 6 aliphatic rings. The van der Waals surface area contributed by atoms with Gasteiger partial charge in [0, 0.05) is 42.0 Å². The summed E-state index contributed by atoms with van der Waals surface area (Å²) in [5.41, 5.74) is 8.96. The van der Waals surface area contributed by atoms with Gasteiger partial charge in [-0.3, -0.25) is 9.69 Å². The molecule has 1 saturated heterocycles. The van der Waals surface area contributed by atoms with Crippen LogP contribution in [-0.4, -0.2) is 62.5 Å². The molecule has 37 heavy (non-hydrogen) atoms. The van der Waals surface area contributed by atoms with Crippen LogP contribution in [0.4, 0.5) is 0 Å². The van der Waals surface area contributed by atoms with Crippen LogP contribution in [0.25, 0.3) is 0 Å². The topological polar surface area (TPSA) is 83.2 Å². The van der Waals surface area contributed by atoms with Gasteiger partial charge >= 0.3 is 0 Å². The van der Waals surface area contributed by atoms with Gasteiger partial charge in [-0.05, 0) is 49.3 Å². The van der Waals surface area contributed by atoms with Gasteiger partial charge in [-0.15, -0.1) is 0 Å². The lowest BCUT2D eigenvalue weighted by molar-refractivity contribution is -0.283. The largest absolute Gasteiger partial charge is 0.493 e. The molecule has 0 radical (unpaired) electrons. The highest BCUT2D eigenvalue weighted by Crippen LogP contribution is 2.76. The van der Waals surface area contributed by atoms with Crippen molar-refractivity contribution in [2.24, 2.45) is 17.1 Å². The highest BCUT2D eigenvalue weighted by atomic mass is 16.6. The second-order valence-electron chi connectivity index (χ2n) is 11.7. The van der Waals surface area contributed by atoms with Crippen LogP contribution in [0.3, 0.4) is 0 Å². The molecule has 2 N–H and O–H groups in total. The Morgan fingerprint density at radius 3 is 2.73 bits per heavy atom. The second kappa shape index (κ2) is 8.19. The van der Waals surface area contributed by atoms with Crippen LogP contribution >= 0.6 is 0 Å². The Bertz CT molecular complexity index is 1240. The minimum absolute atomic E-state index is 0.0307. The van der Waals surface area contributed by atoms with E-state index >= 15 is 0 Å². The van der Waals surface area contributed by atoms with E-state index in [1.807, 2.05) is 31.4 Å². The highest BCUT2D eigenvalue weighted by molar-refractivity contribution is 5.76. The number of benzene rings is 2. The first kappa shape index (κ1) is 23.5. The highest BCUT2D eigenvalue weighted by Gasteiger charge is 2.80. The molecule has 4 fully saturated rings. The molecular formula is C30H36N2O5. The van der Waals surface area contributed by atoms with E-state index in [1.165, 1.54) is 16.7 Å². The molecule has 8 rings (SSSR count). The molecule has 4 aliphatic carbocycles. The fourth-order valence-corrected chi connectivity index (χ4v) is 9.33. The summed E-state index contributed by atoms with van der Waals surface area (Å²) in [6.45, 7) is 2.33. The van der Waals surface area contributed by atoms with E-state index in [2.05, 4.69) is 23.1 Å². The Balaban J connectivity index is 1.33. The third-order valence-electron chi connectivity index (χ3n) is 10.6. The minimum Gasteiger partial charge on any atom is -0.493 e. The molecular weight excluding hydrogens is 468 g/mol. The van der Waals surface area contributed by atoms with Gasteiger partial charge in [-0.1, -0.05) is 36.4 Å². The normalized spacial score (nSPS) is 36.6. The van der Waals surface area contributed by atoms with E-state index in [9.17, 15) is 4.79 Å². The number of amides is 1. The predicted octanol–water partition coefficient (Wildman–Crippen LogP) is 3.21. The van der Waals surface area contributed by atoms with Crippen molar-refractivity contribution in [3.63, 3.8) is 0 Å². The molecule has 0 aromatic heterocycles. The molecule has 7 heteroatoms. The van der Waals surface area contributed by atoms with Crippen molar-refractivity contribution >= 4 is 5.91 Å². The standard InChI is InChI=1S/C30H36N2O5/c1-34-22-9-8-20-14-23-28-10-11-30(35-2,21(15-28)18-36-17-19-6-4-3-5-7-19)27-29(28,25(20)26(22)37-27)12-13-32(23)16-24(31)33/h3-9,21,23,27H,10-18H2,1-2H3,(H2,31,33)/t21-,23?,27-,28-,29?,30-/m1/s1. The number of hydrogen-bond donors (Lipinski definition) is 1. The first-order chi connectivity index (χ1) is 18.0. The molecule has 2 aliphatic heterocycles. The van der Waals surface area contributed by atoms with Gasteiger partial charge < -0.3 is 24.7 Å². The number of carbonyl (C=O) groups excluding carboxylic acids is 1. The summed E-state index contributed by atoms with van der Waals surface area (Å²) in [4.78, 5) is 14.5. The Morgan fingerprint density at radius 1 is 1.14 bits per heavy atom. The number of likely N-dealkylation sites (tertiary alicyclic amines) is 1. The summed E-state index contributed by atoms with van der Waals surface area (Å²) in [5, 5.41) is 0. The Kier molecular flexibility index (Phi) is 5.20. The lowest BCUT2D eigenvalue weighted by atomic mass is 9.35. The van der Waals surface area contributed by atoms with Crippen molar-refractivity contribution in [1.82, 2.24) is 4.90 Å². The van der Waals surface area contributed by atoms with Gasteiger partial charge in [0.2, 0.25) is 5.91 Å². The maximum absolute atomic E-state index is 12.1. The lowest BCUT2D eigenvalue weighted by Crippen LogP contribution is -2.81.